The van der Waals surface area contributed by atoms with E-state index in [1.54, 1.807) is 0 Å². The third-order valence-electron chi connectivity index (χ3n) is 3.94. The second-order valence-electron chi connectivity index (χ2n) is 5.33. The molecule has 1 aliphatic carbocycles. The van der Waals surface area contributed by atoms with Crippen LogP contribution in [-0.4, -0.2) is 6.04 Å². The zero-order chi connectivity index (χ0) is 14.8. The van der Waals surface area contributed by atoms with Gasteiger partial charge in [-0.25, -0.2) is 0 Å². The minimum absolute atomic E-state index is 0.396. The van der Waals surface area contributed by atoms with Crippen LogP contribution in [0.5, 0.6) is 0 Å². The lowest BCUT2D eigenvalue weighted by Gasteiger charge is -2.37. The molecule has 0 saturated heterocycles. The summed E-state index contributed by atoms with van der Waals surface area (Å²) < 4.78 is 0.978. The molecule has 3 rings (SSSR count). The fourth-order valence-electron chi connectivity index (χ4n) is 2.75. The molecule has 2 aromatic carbocycles. The molecule has 1 N–H and O–H groups in total. The molecule has 0 atom stereocenters. The topological polar surface area (TPSA) is 35.8 Å². The Kier molecular flexibility index (Phi) is 4.19. The maximum atomic E-state index is 9.16. The van der Waals surface area contributed by atoms with Crippen LogP contribution in [0.15, 0.2) is 46.9 Å². The molecule has 0 spiro atoms. The number of halogens is 2. The number of nitrogens with zero attached hydrogens (tertiary/aromatic N) is 1. The highest BCUT2D eigenvalue weighted by Gasteiger charge is 2.31. The quantitative estimate of drug-likeness (QED) is 0.801. The molecule has 0 unspecified atom stereocenters. The lowest BCUT2D eigenvalue weighted by molar-refractivity contribution is 0.374. The molecule has 1 saturated carbocycles. The van der Waals surface area contributed by atoms with Gasteiger partial charge in [-0.3, -0.25) is 0 Å². The van der Waals surface area contributed by atoms with E-state index < -0.39 is 0 Å². The summed E-state index contributed by atoms with van der Waals surface area (Å²) in [5.74, 6) is 0.508. The van der Waals surface area contributed by atoms with Crippen LogP contribution in [0, 0.1) is 11.3 Å². The molecule has 21 heavy (non-hydrogen) atoms. The Morgan fingerprint density at radius 2 is 1.95 bits per heavy atom. The Labute approximate surface area is 137 Å². The van der Waals surface area contributed by atoms with Crippen molar-refractivity contribution in [2.75, 3.05) is 5.32 Å². The van der Waals surface area contributed by atoms with Crippen molar-refractivity contribution < 1.29 is 0 Å². The third-order valence-corrected chi connectivity index (χ3v) is 4.78. The van der Waals surface area contributed by atoms with Crippen molar-refractivity contribution >= 4 is 33.2 Å². The molecular weight excluding hydrogens is 348 g/mol. The highest BCUT2D eigenvalue weighted by Crippen LogP contribution is 2.41. The Balaban J connectivity index is 1.67. The largest absolute Gasteiger partial charge is 0.381 e. The molecule has 0 radical (unpaired) electrons. The van der Waals surface area contributed by atoms with Crippen molar-refractivity contribution in [3.63, 3.8) is 0 Å². The second kappa shape index (κ2) is 6.09. The van der Waals surface area contributed by atoms with Crippen molar-refractivity contribution in [2.45, 2.75) is 24.8 Å². The fraction of sp³-hybridized carbons (Fsp3) is 0.235. The lowest BCUT2D eigenvalue weighted by atomic mass is 9.75. The van der Waals surface area contributed by atoms with E-state index in [4.69, 9.17) is 16.9 Å². The van der Waals surface area contributed by atoms with Crippen molar-refractivity contribution in [1.29, 1.82) is 5.26 Å². The van der Waals surface area contributed by atoms with E-state index in [-0.39, 0.29) is 0 Å². The number of nitriles is 1. The zero-order valence-corrected chi connectivity index (χ0v) is 13.7. The maximum absolute atomic E-state index is 9.16. The van der Waals surface area contributed by atoms with Crippen LogP contribution in [0.1, 0.15) is 29.9 Å². The standard InChI is InChI=1S/C17H14BrClN2/c18-13-6-5-11(10-20)17(9-13)21-14-7-12(8-14)15-3-1-2-4-16(15)19/h1-6,9,12,14,21H,7-8H2. The Morgan fingerprint density at radius 3 is 2.67 bits per heavy atom. The molecule has 2 aromatic rings. The van der Waals surface area contributed by atoms with Crippen LogP contribution in [-0.2, 0) is 0 Å². The summed E-state index contributed by atoms with van der Waals surface area (Å²) in [6, 6.07) is 16.3. The van der Waals surface area contributed by atoms with Crippen LogP contribution in [0.3, 0.4) is 0 Å². The van der Waals surface area contributed by atoms with Gasteiger partial charge in [-0.1, -0.05) is 45.7 Å². The average molecular weight is 362 g/mol. The first-order chi connectivity index (χ1) is 10.2. The van der Waals surface area contributed by atoms with Gasteiger partial charge in [0.25, 0.3) is 0 Å². The minimum atomic E-state index is 0.396. The van der Waals surface area contributed by atoms with Crippen LogP contribution < -0.4 is 5.32 Å². The summed E-state index contributed by atoms with van der Waals surface area (Å²) in [5.41, 5.74) is 2.81. The van der Waals surface area contributed by atoms with Gasteiger partial charge in [0.2, 0.25) is 0 Å². The number of nitrogens with one attached hydrogen (secondary N) is 1. The van der Waals surface area contributed by atoms with E-state index in [0.29, 0.717) is 17.5 Å². The van der Waals surface area contributed by atoms with Crippen LogP contribution in [0.2, 0.25) is 5.02 Å². The highest BCUT2D eigenvalue weighted by molar-refractivity contribution is 9.10. The zero-order valence-electron chi connectivity index (χ0n) is 11.3. The number of hydrogen-bond acceptors (Lipinski definition) is 2. The second-order valence-corrected chi connectivity index (χ2v) is 6.66. The molecule has 1 aliphatic rings. The minimum Gasteiger partial charge on any atom is -0.381 e. The summed E-state index contributed by atoms with van der Waals surface area (Å²) in [4.78, 5) is 0. The van der Waals surface area contributed by atoms with Crippen molar-refractivity contribution in [1.82, 2.24) is 0 Å². The molecule has 0 aliphatic heterocycles. The molecule has 2 nitrogen and oxygen atoms in total. The molecule has 0 amide bonds. The predicted molar refractivity (Wildman–Crippen MR) is 89.7 cm³/mol. The summed E-state index contributed by atoms with van der Waals surface area (Å²) in [6.45, 7) is 0. The summed E-state index contributed by atoms with van der Waals surface area (Å²) >= 11 is 9.69. The summed E-state index contributed by atoms with van der Waals surface area (Å²) in [5, 5.41) is 13.5. The smallest absolute Gasteiger partial charge is 0.101 e. The van der Waals surface area contributed by atoms with Gasteiger partial charge in [-0.15, -0.1) is 0 Å². The van der Waals surface area contributed by atoms with Crippen molar-refractivity contribution in [3.05, 3.63) is 63.1 Å². The Bertz CT molecular complexity index is 702. The first-order valence-corrected chi connectivity index (χ1v) is 8.05. The normalized spacial score (nSPS) is 20.4. The van der Waals surface area contributed by atoms with E-state index in [0.717, 1.165) is 28.0 Å². The van der Waals surface area contributed by atoms with E-state index in [1.807, 2.05) is 36.4 Å². The van der Waals surface area contributed by atoms with Gasteiger partial charge in [-0.05, 0) is 48.6 Å². The van der Waals surface area contributed by atoms with Gasteiger partial charge in [-0.2, -0.15) is 5.26 Å². The van der Waals surface area contributed by atoms with Crippen LogP contribution in [0.25, 0.3) is 0 Å². The van der Waals surface area contributed by atoms with E-state index in [2.05, 4.69) is 33.4 Å². The lowest BCUT2D eigenvalue weighted by Crippen LogP contribution is -2.34. The number of rotatable bonds is 3. The van der Waals surface area contributed by atoms with E-state index in [1.165, 1.54) is 5.56 Å². The molecule has 0 bridgehead atoms. The SMILES string of the molecule is N#Cc1ccc(Br)cc1NC1CC(c2ccccc2Cl)C1. The molecule has 106 valence electrons. The van der Waals surface area contributed by atoms with E-state index >= 15 is 0 Å². The first kappa shape index (κ1) is 14.4. The van der Waals surface area contributed by atoms with Gasteiger partial charge in [0.1, 0.15) is 6.07 Å². The summed E-state index contributed by atoms with van der Waals surface area (Å²) in [7, 11) is 0. The first-order valence-electron chi connectivity index (χ1n) is 6.88. The number of anilines is 1. The molecule has 1 fully saturated rings. The fourth-order valence-corrected chi connectivity index (χ4v) is 3.40. The maximum Gasteiger partial charge on any atom is 0.101 e. The van der Waals surface area contributed by atoms with E-state index in [9.17, 15) is 0 Å². The van der Waals surface area contributed by atoms with Gasteiger partial charge in [0.05, 0.1) is 11.3 Å². The predicted octanol–water partition coefficient (Wildman–Crippen LogP) is 5.33. The number of hydrogen-bond donors (Lipinski definition) is 1. The molecular formula is C17H14BrClN2. The highest BCUT2D eigenvalue weighted by atomic mass is 79.9. The molecule has 4 heteroatoms. The van der Waals surface area contributed by atoms with Crippen LogP contribution >= 0.6 is 27.5 Å². The van der Waals surface area contributed by atoms with Crippen molar-refractivity contribution in [2.24, 2.45) is 0 Å². The molecule has 0 aromatic heterocycles. The average Bonchev–Trinajstić information content (AvgIpc) is 2.44. The van der Waals surface area contributed by atoms with Crippen LogP contribution in [0.4, 0.5) is 5.69 Å². The molecule has 0 heterocycles. The Morgan fingerprint density at radius 1 is 1.19 bits per heavy atom. The summed E-state index contributed by atoms with van der Waals surface area (Å²) in [6.07, 6.45) is 2.09. The monoisotopic (exact) mass is 360 g/mol. The number of benzene rings is 2. The van der Waals surface area contributed by atoms with Crippen molar-refractivity contribution in [3.8, 4) is 6.07 Å². The van der Waals surface area contributed by atoms with Gasteiger partial charge < -0.3 is 5.32 Å². The Hall–Kier alpha value is -1.50. The van der Waals surface area contributed by atoms with Gasteiger partial charge in [0, 0.05) is 15.5 Å². The van der Waals surface area contributed by atoms with Gasteiger partial charge >= 0.3 is 0 Å². The third kappa shape index (κ3) is 3.07. The van der Waals surface area contributed by atoms with Gasteiger partial charge in [0.15, 0.2) is 0 Å².